The standard InChI is InChI=1S/C12H20N4O/c1-2-13-8-11-9-14-10-12(15-11)16-4-3-6-17-7-5-16/h9-10,13H,2-8H2,1H3. The van der Waals surface area contributed by atoms with Gasteiger partial charge in [0.1, 0.15) is 5.82 Å². The minimum Gasteiger partial charge on any atom is -0.380 e. The maximum Gasteiger partial charge on any atom is 0.147 e. The fourth-order valence-electron chi connectivity index (χ4n) is 1.86. The van der Waals surface area contributed by atoms with Crippen molar-refractivity contribution in [2.45, 2.75) is 19.9 Å². The van der Waals surface area contributed by atoms with Crippen molar-refractivity contribution in [2.24, 2.45) is 0 Å². The van der Waals surface area contributed by atoms with Gasteiger partial charge in [0.2, 0.25) is 0 Å². The molecule has 2 heterocycles. The van der Waals surface area contributed by atoms with Gasteiger partial charge in [0.05, 0.1) is 18.5 Å². The summed E-state index contributed by atoms with van der Waals surface area (Å²) in [6.07, 6.45) is 4.71. The Morgan fingerprint density at radius 1 is 1.35 bits per heavy atom. The van der Waals surface area contributed by atoms with Crippen LogP contribution in [-0.2, 0) is 11.3 Å². The van der Waals surface area contributed by atoms with Gasteiger partial charge in [-0.15, -0.1) is 0 Å². The highest BCUT2D eigenvalue weighted by molar-refractivity contribution is 5.36. The molecule has 2 rings (SSSR count). The molecule has 1 fully saturated rings. The Hall–Kier alpha value is -1.20. The number of anilines is 1. The zero-order valence-corrected chi connectivity index (χ0v) is 10.4. The van der Waals surface area contributed by atoms with E-state index in [1.165, 1.54) is 0 Å². The summed E-state index contributed by atoms with van der Waals surface area (Å²) < 4.78 is 5.44. The molecule has 1 aliphatic heterocycles. The molecule has 5 heteroatoms. The van der Waals surface area contributed by atoms with Crippen LogP contribution >= 0.6 is 0 Å². The van der Waals surface area contributed by atoms with Crippen molar-refractivity contribution in [1.29, 1.82) is 0 Å². The van der Waals surface area contributed by atoms with Crippen LogP contribution in [0.15, 0.2) is 12.4 Å². The van der Waals surface area contributed by atoms with Crippen LogP contribution in [0.2, 0.25) is 0 Å². The zero-order valence-electron chi connectivity index (χ0n) is 10.4. The van der Waals surface area contributed by atoms with Gasteiger partial charge in [0.15, 0.2) is 0 Å². The van der Waals surface area contributed by atoms with Gasteiger partial charge < -0.3 is 15.0 Å². The van der Waals surface area contributed by atoms with Crippen molar-refractivity contribution in [3.05, 3.63) is 18.1 Å². The summed E-state index contributed by atoms with van der Waals surface area (Å²) in [4.78, 5) is 11.1. The van der Waals surface area contributed by atoms with Crippen molar-refractivity contribution >= 4 is 5.82 Å². The zero-order chi connectivity index (χ0) is 11.9. The molecule has 0 aliphatic carbocycles. The number of hydrogen-bond donors (Lipinski definition) is 1. The predicted molar refractivity (Wildman–Crippen MR) is 67.1 cm³/mol. The second-order valence-electron chi connectivity index (χ2n) is 4.10. The van der Waals surface area contributed by atoms with Gasteiger partial charge in [-0.1, -0.05) is 6.92 Å². The van der Waals surface area contributed by atoms with Gasteiger partial charge in [-0.05, 0) is 13.0 Å². The van der Waals surface area contributed by atoms with Crippen molar-refractivity contribution in [3.63, 3.8) is 0 Å². The Morgan fingerprint density at radius 3 is 3.18 bits per heavy atom. The van der Waals surface area contributed by atoms with E-state index in [0.717, 1.165) is 57.3 Å². The minimum absolute atomic E-state index is 0.777. The van der Waals surface area contributed by atoms with E-state index in [-0.39, 0.29) is 0 Å². The Balaban J connectivity index is 2.03. The topological polar surface area (TPSA) is 50.3 Å². The molecule has 0 unspecified atom stereocenters. The van der Waals surface area contributed by atoms with Crippen LogP contribution in [0.4, 0.5) is 5.82 Å². The summed E-state index contributed by atoms with van der Waals surface area (Å²) in [5, 5.41) is 3.26. The Morgan fingerprint density at radius 2 is 2.29 bits per heavy atom. The molecule has 94 valence electrons. The van der Waals surface area contributed by atoms with E-state index in [2.05, 4.69) is 27.1 Å². The summed E-state index contributed by atoms with van der Waals surface area (Å²) in [6.45, 7) is 7.34. The van der Waals surface area contributed by atoms with Gasteiger partial charge in [0, 0.05) is 32.4 Å². The summed E-state index contributed by atoms with van der Waals surface area (Å²) in [5.74, 6) is 0.964. The van der Waals surface area contributed by atoms with Crippen LogP contribution in [0, 0.1) is 0 Å². The lowest BCUT2D eigenvalue weighted by Crippen LogP contribution is -2.27. The first-order valence-electron chi connectivity index (χ1n) is 6.24. The molecule has 0 saturated carbocycles. The fourth-order valence-corrected chi connectivity index (χ4v) is 1.86. The van der Waals surface area contributed by atoms with Crippen LogP contribution in [-0.4, -0.2) is 42.8 Å². The monoisotopic (exact) mass is 236 g/mol. The predicted octanol–water partition coefficient (Wildman–Crippen LogP) is 0.813. The summed E-state index contributed by atoms with van der Waals surface area (Å²) in [6, 6.07) is 0. The van der Waals surface area contributed by atoms with E-state index in [4.69, 9.17) is 4.74 Å². The summed E-state index contributed by atoms with van der Waals surface area (Å²) in [5.41, 5.74) is 0.995. The largest absolute Gasteiger partial charge is 0.380 e. The normalized spacial score (nSPS) is 16.9. The molecule has 1 aromatic heterocycles. The first-order chi connectivity index (χ1) is 8.40. The van der Waals surface area contributed by atoms with E-state index >= 15 is 0 Å². The first kappa shape index (κ1) is 12.3. The number of nitrogens with zero attached hydrogens (tertiary/aromatic N) is 3. The molecule has 1 N–H and O–H groups in total. The molecule has 1 aromatic rings. The maximum atomic E-state index is 5.44. The Bertz CT molecular complexity index is 337. The summed E-state index contributed by atoms with van der Waals surface area (Å²) >= 11 is 0. The molecule has 0 aromatic carbocycles. The van der Waals surface area contributed by atoms with E-state index in [1.807, 2.05) is 12.4 Å². The highest BCUT2D eigenvalue weighted by atomic mass is 16.5. The molecular formula is C12H20N4O. The third kappa shape index (κ3) is 3.64. The molecule has 1 aliphatic rings. The van der Waals surface area contributed by atoms with Gasteiger partial charge in [0.25, 0.3) is 0 Å². The smallest absolute Gasteiger partial charge is 0.147 e. The average molecular weight is 236 g/mol. The molecule has 5 nitrogen and oxygen atoms in total. The van der Waals surface area contributed by atoms with Gasteiger partial charge in [-0.3, -0.25) is 4.98 Å². The van der Waals surface area contributed by atoms with Gasteiger partial charge in [-0.25, -0.2) is 4.98 Å². The lowest BCUT2D eigenvalue weighted by molar-refractivity contribution is 0.152. The Labute approximate surface area is 102 Å². The first-order valence-corrected chi connectivity index (χ1v) is 6.24. The lowest BCUT2D eigenvalue weighted by Gasteiger charge is -2.20. The molecule has 17 heavy (non-hydrogen) atoms. The van der Waals surface area contributed by atoms with Crippen molar-refractivity contribution < 1.29 is 4.74 Å². The minimum atomic E-state index is 0.777. The van der Waals surface area contributed by atoms with Crippen molar-refractivity contribution in [1.82, 2.24) is 15.3 Å². The molecule has 0 atom stereocenters. The maximum absolute atomic E-state index is 5.44. The number of rotatable bonds is 4. The van der Waals surface area contributed by atoms with Gasteiger partial charge >= 0.3 is 0 Å². The molecule has 1 saturated heterocycles. The van der Waals surface area contributed by atoms with E-state index in [1.54, 1.807) is 0 Å². The van der Waals surface area contributed by atoms with Crippen LogP contribution in [0.25, 0.3) is 0 Å². The number of aromatic nitrogens is 2. The molecule has 0 spiro atoms. The quantitative estimate of drug-likeness (QED) is 0.838. The molecular weight excluding hydrogens is 216 g/mol. The van der Waals surface area contributed by atoms with Crippen molar-refractivity contribution in [2.75, 3.05) is 37.7 Å². The van der Waals surface area contributed by atoms with E-state index < -0.39 is 0 Å². The average Bonchev–Trinajstić information content (AvgIpc) is 2.65. The molecule has 0 amide bonds. The third-order valence-electron chi connectivity index (χ3n) is 2.77. The Kier molecular flexibility index (Phi) is 4.70. The van der Waals surface area contributed by atoms with Gasteiger partial charge in [-0.2, -0.15) is 0 Å². The van der Waals surface area contributed by atoms with Crippen LogP contribution in [0.5, 0.6) is 0 Å². The summed E-state index contributed by atoms with van der Waals surface area (Å²) in [7, 11) is 0. The van der Waals surface area contributed by atoms with Crippen molar-refractivity contribution in [3.8, 4) is 0 Å². The lowest BCUT2D eigenvalue weighted by atomic mass is 10.4. The van der Waals surface area contributed by atoms with Crippen LogP contribution in [0.1, 0.15) is 19.0 Å². The second kappa shape index (κ2) is 6.51. The number of ether oxygens (including phenoxy) is 1. The third-order valence-corrected chi connectivity index (χ3v) is 2.77. The highest BCUT2D eigenvalue weighted by Gasteiger charge is 2.11. The fraction of sp³-hybridized carbons (Fsp3) is 0.667. The number of nitrogens with one attached hydrogen (secondary N) is 1. The van der Waals surface area contributed by atoms with E-state index in [9.17, 15) is 0 Å². The molecule has 0 radical (unpaired) electrons. The second-order valence-corrected chi connectivity index (χ2v) is 4.10. The number of hydrogen-bond acceptors (Lipinski definition) is 5. The van der Waals surface area contributed by atoms with Crippen LogP contribution < -0.4 is 10.2 Å². The highest BCUT2D eigenvalue weighted by Crippen LogP contribution is 2.12. The SMILES string of the molecule is CCNCc1cncc(N2CCCOCC2)n1. The molecule has 0 bridgehead atoms. The van der Waals surface area contributed by atoms with E-state index in [0.29, 0.717) is 0 Å². The van der Waals surface area contributed by atoms with Crippen LogP contribution in [0.3, 0.4) is 0 Å².